The number of aromatic nitrogens is 2. The van der Waals surface area contributed by atoms with Gasteiger partial charge in [-0.3, -0.25) is 19.4 Å². The van der Waals surface area contributed by atoms with Gasteiger partial charge in [-0.1, -0.05) is 12.1 Å². The Hall–Kier alpha value is -2.04. The van der Waals surface area contributed by atoms with Gasteiger partial charge >= 0.3 is 5.97 Å². The van der Waals surface area contributed by atoms with Crippen LogP contribution < -0.4 is 5.56 Å². The number of hydrogen-bond acceptors (Lipinski definition) is 2. The Labute approximate surface area is 91.3 Å². The molecule has 0 saturated heterocycles. The third kappa shape index (κ3) is 1.60. The number of carboxylic acids is 1. The topological polar surface area (TPSA) is 75.1 Å². The second kappa shape index (κ2) is 3.84. The van der Waals surface area contributed by atoms with Gasteiger partial charge in [0.1, 0.15) is 0 Å². The third-order valence-corrected chi connectivity index (χ3v) is 2.54. The number of nitrogens with zero attached hydrogens (tertiary/aromatic N) is 1. The van der Waals surface area contributed by atoms with Gasteiger partial charge in [0, 0.05) is 6.54 Å². The second-order valence-electron chi connectivity index (χ2n) is 3.57. The van der Waals surface area contributed by atoms with E-state index in [9.17, 15) is 9.59 Å². The highest BCUT2D eigenvalue weighted by Crippen LogP contribution is 2.15. The summed E-state index contributed by atoms with van der Waals surface area (Å²) in [7, 11) is 0. The number of carbonyl (C=O) groups is 1. The van der Waals surface area contributed by atoms with Gasteiger partial charge in [0.15, 0.2) is 0 Å². The summed E-state index contributed by atoms with van der Waals surface area (Å²) >= 11 is 0. The summed E-state index contributed by atoms with van der Waals surface area (Å²) in [5, 5.41) is 11.9. The fourth-order valence-electron chi connectivity index (χ4n) is 1.87. The molecule has 0 spiro atoms. The first-order valence-corrected chi connectivity index (χ1v) is 5.05. The highest BCUT2D eigenvalue weighted by molar-refractivity contribution is 5.86. The van der Waals surface area contributed by atoms with Gasteiger partial charge < -0.3 is 5.11 Å². The molecule has 0 atom stereocenters. The normalized spacial score (nSPS) is 10.8. The Bertz CT molecular complexity index is 595. The largest absolute Gasteiger partial charge is 0.481 e. The van der Waals surface area contributed by atoms with Crippen LogP contribution in [0.2, 0.25) is 0 Å². The molecular formula is C11H12N2O3. The predicted molar refractivity (Wildman–Crippen MR) is 59.6 cm³/mol. The zero-order chi connectivity index (χ0) is 11.7. The van der Waals surface area contributed by atoms with Crippen LogP contribution in [0.15, 0.2) is 23.0 Å². The molecule has 0 aliphatic rings. The smallest absolute Gasteiger partial charge is 0.307 e. The standard InChI is InChI=1S/C11H12N2O3/c1-2-13-8-5-3-4-7(6-9(14)15)10(8)11(16)12-13/h3-5H,2,6H2,1H3,(H,12,16)(H,14,15). The molecule has 0 radical (unpaired) electrons. The second-order valence-corrected chi connectivity index (χ2v) is 3.57. The van der Waals surface area contributed by atoms with E-state index in [2.05, 4.69) is 5.10 Å². The first kappa shape index (κ1) is 10.5. The minimum atomic E-state index is -0.934. The lowest BCUT2D eigenvalue weighted by Gasteiger charge is -2.01. The van der Waals surface area contributed by atoms with Crippen molar-refractivity contribution in [1.82, 2.24) is 9.78 Å². The fraction of sp³-hybridized carbons (Fsp3) is 0.273. The molecular weight excluding hydrogens is 208 g/mol. The van der Waals surface area contributed by atoms with E-state index in [0.717, 1.165) is 5.52 Å². The minimum absolute atomic E-state index is 0.131. The van der Waals surface area contributed by atoms with E-state index < -0.39 is 5.97 Å². The van der Waals surface area contributed by atoms with Crippen LogP contribution in [0.5, 0.6) is 0 Å². The van der Waals surface area contributed by atoms with Crippen molar-refractivity contribution in [3.63, 3.8) is 0 Å². The Morgan fingerprint density at radius 1 is 1.50 bits per heavy atom. The van der Waals surface area contributed by atoms with Crippen LogP contribution in [0.25, 0.3) is 10.9 Å². The van der Waals surface area contributed by atoms with Crippen molar-refractivity contribution in [2.75, 3.05) is 0 Å². The number of aromatic amines is 1. The van der Waals surface area contributed by atoms with E-state index >= 15 is 0 Å². The molecule has 0 fully saturated rings. The average Bonchev–Trinajstić information content (AvgIpc) is 2.56. The molecule has 0 bridgehead atoms. The van der Waals surface area contributed by atoms with E-state index in [1.807, 2.05) is 13.0 Å². The maximum absolute atomic E-state index is 11.7. The molecule has 1 aromatic heterocycles. The predicted octanol–water partition coefficient (Wildman–Crippen LogP) is 0.977. The molecule has 5 nitrogen and oxygen atoms in total. The molecule has 0 saturated carbocycles. The Morgan fingerprint density at radius 3 is 2.88 bits per heavy atom. The van der Waals surface area contributed by atoms with Gasteiger partial charge in [0.2, 0.25) is 0 Å². The lowest BCUT2D eigenvalue weighted by Crippen LogP contribution is -2.06. The SMILES string of the molecule is CCn1[nH]c(=O)c2c(CC(=O)O)cccc21. The van der Waals surface area contributed by atoms with Crippen LogP contribution in [-0.4, -0.2) is 20.9 Å². The fourth-order valence-corrected chi connectivity index (χ4v) is 1.87. The van der Waals surface area contributed by atoms with Crippen molar-refractivity contribution in [3.05, 3.63) is 34.1 Å². The van der Waals surface area contributed by atoms with Crippen molar-refractivity contribution >= 4 is 16.9 Å². The Morgan fingerprint density at radius 2 is 2.25 bits per heavy atom. The zero-order valence-corrected chi connectivity index (χ0v) is 8.86. The van der Waals surface area contributed by atoms with E-state index in [1.165, 1.54) is 0 Å². The molecule has 5 heteroatoms. The molecule has 84 valence electrons. The number of aryl methyl sites for hydroxylation is 1. The average molecular weight is 220 g/mol. The number of hydrogen-bond donors (Lipinski definition) is 2. The van der Waals surface area contributed by atoms with Crippen molar-refractivity contribution in [2.45, 2.75) is 19.9 Å². The monoisotopic (exact) mass is 220 g/mol. The van der Waals surface area contributed by atoms with Gasteiger partial charge in [-0.05, 0) is 18.6 Å². The highest BCUT2D eigenvalue weighted by Gasteiger charge is 2.11. The summed E-state index contributed by atoms with van der Waals surface area (Å²) in [5.74, 6) is -0.934. The lowest BCUT2D eigenvalue weighted by atomic mass is 10.1. The molecule has 0 aliphatic carbocycles. The Kier molecular flexibility index (Phi) is 2.52. The number of fused-ring (bicyclic) bond motifs is 1. The quantitative estimate of drug-likeness (QED) is 0.809. The van der Waals surface area contributed by atoms with Gasteiger partial charge in [-0.15, -0.1) is 0 Å². The molecule has 2 rings (SSSR count). The number of nitrogens with one attached hydrogen (secondary N) is 1. The molecule has 1 aromatic carbocycles. The minimum Gasteiger partial charge on any atom is -0.481 e. The number of carboxylic acid groups (broad SMARTS) is 1. The molecule has 2 aromatic rings. The summed E-state index contributed by atoms with van der Waals surface area (Å²) < 4.78 is 1.71. The van der Waals surface area contributed by atoms with E-state index in [4.69, 9.17) is 5.11 Å². The van der Waals surface area contributed by atoms with Crippen LogP contribution in [0.4, 0.5) is 0 Å². The van der Waals surface area contributed by atoms with Crippen LogP contribution in [0.1, 0.15) is 12.5 Å². The molecule has 1 heterocycles. The first-order valence-electron chi connectivity index (χ1n) is 5.05. The van der Waals surface area contributed by atoms with Gasteiger partial charge in [0.05, 0.1) is 17.3 Å². The summed E-state index contributed by atoms with van der Waals surface area (Å²) in [6, 6.07) is 5.24. The summed E-state index contributed by atoms with van der Waals surface area (Å²) in [5.41, 5.74) is 1.08. The number of benzene rings is 1. The van der Waals surface area contributed by atoms with Crippen LogP contribution in [-0.2, 0) is 17.8 Å². The van der Waals surface area contributed by atoms with Crippen molar-refractivity contribution in [2.24, 2.45) is 0 Å². The molecule has 16 heavy (non-hydrogen) atoms. The highest BCUT2D eigenvalue weighted by atomic mass is 16.4. The van der Waals surface area contributed by atoms with E-state index in [-0.39, 0.29) is 12.0 Å². The molecule has 2 N–H and O–H groups in total. The van der Waals surface area contributed by atoms with Crippen LogP contribution in [0.3, 0.4) is 0 Å². The number of rotatable bonds is 3. The van der Waals surface area contributed by atoms with Crippen molar-refractivity contribution < 1.29 is 9.90 Å². The maximum Gasteiger partial charge on any atom is 0.307 e. The lowest BCUT2D eigenvalue weighted by molar-refractivity contribution is -0.136. The maximum atomic E-state index is 11.7. The number of H-pyrrole nitrogens is 1. The van der Waals surface area contributed by atoms with Gasteiger partial charge in [-0.25, -0.2) is 0 Å². The Balaban J connectivity index is 2.72. The van der Waals surface area contributed by atoms with E-state index in [1.54, 1.807) is 16.8 Å². The van der Waals surface area contributed by atoms with Crippen molar-refractivity contribution in [1.29, 1.82) is 0 Å². The van der Waals surface area contributed by atoms with Crippen LogP contribution >= 0.6 is 0 Å². The molecule has 0 unspecified atom stereocenters. The zero-order valence-electron chi connectivity index (χ0n) is 8.86. The summed E-state index contributed by atoms with van der Waals surface area (Å²) in [6.45, 7) is 2.56. The first-order chi connectivity index (χ1) is 7.63. The number of aliphatic carboxylic acids is 1. The molecule has 0 aliphatic heterocycles. The summed E-state index contributed by atoms with van der Waals surface area (Å²) in [6.07, 6.45) is -0.131. The molecule has 0 amide bonds. The van der Waals surface area contributed by atoms with E-state index in [0.29, 0.717) is 17.5 Å². The van der Waals surface area contributed by atoms with Crippen LogP contribution in [0, 0.1) is 0 Å². The van der Waals surface area contributed by atoms with Gasteiger partial charge in [-0.2, -0.15) is 0 Å². The van der Waals surface area contributed by atoms with Crippen molar-refractivity contribution in [3.8, 4) is 0 Å². The van der Waals surface area contributed by atoms with Gasteiger partial charge in [0.25, 0.3) is 5.56 Å². The summed E-state index contributed by atoms with van der Waals surface area (Å²) in [4.78, 5) is 22.4. The third-order valence-electron chi connectivity index (χ3n) is 2.54.